The quantitative estimate of drug-likeness (QED) is 0.647. The Hall–Kier alpha value is -1.10. The minimum absolute atomic E-state index is 0.165. The minimum atomic E-state index is -0.165. The number of fused-ring (bicyclic) bond motifs is 1. The fraction of sp³-hybridized carbons (Fsp3) is 0.286. The van der Waals surface area contributed by atoms with Crippen LogP contribution in [0.1, 0.15) is 28.8 Å². The van der Waals surface area contributed by atoms with E-state index in [4.69, 9.17) is 23.2 Å². The van der Waals surface area contributed by atoms with Gasteiger partial charge in [-0.2, -0.15) is 0 Å². The Kier molecular flexibility index (Phi) is 3.71. The van der Waals surface area contributed by atoms with E-state index in [2.05, 4.69) is 14.5 Å². The third-order valence-electron chi connectivity index (χ3n) is 3.06. The van der Waals surface area contributed by atoms with Crippen molar-refractivity contribution >= 4 is 45.6 Å². The van der Waals surface area contributed by atoms with Gasteiger partial charge in [-0.1, -0.05) is 11.6 Å². The van der Waals surface area contributed by atoms with E-state index in [9.17, 15) is 0 Å². The van der Waals surface area contributed by atoms with E-state index in [1.54, 1.807) is 11.3 Å². The van der Waals surface area contributed by atoms with Gasteiger partial charge in [0, 0.05) is 16.1 Å². The van der Waals surface area contributed by atoms with Crippen LogP contribution in [0, 0.1) is 6.92 Å². The molecule has 0 aliphatic heterocycles. The topological polar surface area (TPSA) is 30.7 Å². The highest BCUT2D eigenvalue weighted by molar-refractivity contribution is 7.09. The molecule has 1 atom stereocenters. The number of rotatable bonds is 3. The summed E-state index contributed by atoms with van der Waals surface area (Å²) in [6, 6.07) is 5.69. The van der Waals surface area contributed by atoms with Gasteiger partial charge in [0.25, 0.3) is 0 Å². The largest absolute Gasteiger partial charge is 0.320 e. The Balaban J connectivity index is 2.15. The molecule has 0 bridgehead atoms. The molecule has 1 aromatic carbocycles. The van der Waals surface area contributed by atoms with E-state index in [0.29, 0.717) is 11.6 Å². The Morgan fingerprint density at radius 3 is 2.80 bits per heavy atom. The van der Waals surface area contributed by atoms with E-state index < -0.39 is 0 Å². The van der Waals surface area contributed by atoms with Crippen LogP contribution in [-0.2, 0) is 6.54 Å². The Morgan fingerprint density at radius 1 is 1.35 bits per heavy atom. The maximum absolute atomic E-state index is 6.26. The molecule has 0 saturated carbocycles. The van der Waals surface area contributed by atoms with E-state index in [1.807, 2.05) is 37.4 Å². The second-order valence-corrected chi connectivity index (χ2v) is 6.72. The molecule has 20 heavy (non-hydrogen) atoms. The lowest BCUT2D eigenvalue weighted by Gasteiger charge is -2.08. The zero-order valence-electron chi connectivity index (χ0n) is 11.1. The standard InChI is InChI=1S/C14H13Cl2N3S/c1-8-7-20-13(17-8)6-19-12-5-10(16)3-4-11(12)18-14(19)9(2)15/h3-5,7,9H,6H2,1-2H3. The van der Waals surface area contributed by atoms with Crippen LogP contribution in [0.2, 0.25) is 5.02 Å². The fourth-order valence-corrected chi connectivity index (χ4v) is 3.29. The molecule has 2 heterocycles. The van der Waals surface area contributed by atoms with Crippen molar-refractivity contribution in [1.82, 2.24) is 14.5 Å². The zero-order chi connectivity index (χ0) is 14.3. The van der Waals surface area contributed by atoms with Crippen molar-refractivity contribution < 1.29 is 0 Å². The molecular weight excluding hydrogens is 313 g/mol. The second kappa shape index (κ2) is 5.35. The highest BCUT2D eigenvalue weighted by atomic mass is 35.5. The summed E-state index contributed by atoms with van der Waals surface area (Å²) in [6.45, 7) is 4.59. The number of thiazole rings is 1. The summed E-state index contributed by atoms with van der Waals surface area (Å²) in [7, 11) is 0. The van der Waals surface area contributed by atoms with Crippen LogP contribution in [0.25, 0.3) is 11.0 Å². The molecule has 6 heteroatoms. The van der Waals surface area contributed by atoms with Crippen molar-refractivity contribution in [3.63, 3.8) is 0 Å². The normalized spacial score (nSPS) is 13.0. The van der Waals surface area contributed by atoms with Gasteiger partial charge in [-0.15, -0.1) is 22.9 Å². The van der Waals surface area contributed by atoms with E-state index in [1.165, 1.54) is 0 Å². The molecule has 0 fully saturated rings. The number of halogens is 2. The van der Waals surface area contributed by atoms with E-state index in [0.717, 1.165) is 27.6 Å². The summed E-state index contributed by atoms with van der Waals surface area (Å²) >= 11 is 14.0. The summed E-state index contributed by atoms with van der Waals surface area (Å²) in [4.78, 5) is 9.11. The van der Waals surface area contributed by atoms with Crippen molar-refractivity contribution in [3.05, 3.63) is 45.1 Å². The molecule has 104 valence electrons. The number of benzene rings is 1. The molecule has 0 aliphatic carbocycles. The van der Waals surface area contributed by atoms with Crippen LogP contribution in [0.4, 0.5) is 0 Å². The average Bonchev–Trinajstić information content (AvgIpc) is 2.95. The number of aromatic nitrogens is 3. The number of nitrogens with zero attached hydrogens (tertiary/aromatic N) is 3. The molecule has 0 N–H and O–H groups in total. The summed E-state index contributed by atoms with van der Waals surface area (Å²) < 4.78 is 2.09. The predicted molar refractivity (Wildman–Crippen MR) is 85.0 cm³/mol. The number of hydrogen-bond acceptors (Lipinski definition) is 3. The Labute approximate surface area is 131 Å². The smallest absolute Gasteiger partial charge is 0.128 e. The molecule has 0 saturated heterocycles. The number of aryl methyl sites for hydroxylation is 1. The average molecular weight is 326 g/mol. The molecule has 3 nitrogen and oxygen atoms in total. The van der Waals surface area contributed by atoms with Gasteiger partial charge < -0.3 is 4.57 Å². The lowest BCUT2D eigenvalue weighted by Crippen LogP contribution is -2.05. The molecular formula is C14H13Cl2N3S. The summed E-state index contributed by atoms with van der Waals surface area (Å²) in [5.74, 6) is 0.844. The van der Waals surface area contributed by atoms with Crippen LogP contribution in [0.3, 0.4) is 0 Å². The SMILES string of the molecule is Cc1csc(Cn2c(C(C)Cl)nc3ccc(Cl)cc32)n1. The van der Waals surface area contributed by atoms with Gasteiger partial charge in [0.1, 0.15) is 10.8 Å². The minimum Gasteiger partial charge on any atom is -0.320 e. The maximum Gasteiger partial charge on any atom is 0.128 e. The summed E-state index contributed by atoms with van der Waals surface area (Å²) in [6.07, 6.45) is 0. The van der Waals surface area contributed by atoms with Crippen molar-refractivity contribution in [2.24, 2.45) is 0 Å². The summed E-state index contributed by atoms with van der Waals surface area (Å²) in [5.41, 5.74) is 2.94. The lowest BCUT2D eigenvalue weighted by molar-refractivity contribution is 0.737. The molecule has 2 aromatic heterocycles. The van der Waals surface area contributed by atoms with Crippen LogP contribution in [0.15, 0.2) is 23.6 Å². The monoisotopic (exact) mass is 325 g/mol. The summed E-state index contributed by atoms with van der Waals surface area (Å²) in [5, 5.41) is 3.62. The van der Waals surface area contributed by atoms with Gasteiger partial charge in [-0.3, -0.25) is 0 Å². The first-order valence-corrected chi connectivity index (χ1v) is 7.95. The Bertz CT molecular complexity index is 761. The molecule has 3 aromatic rings. The highest BCUT2D eigenvalue weighted by Gasteiger charge is 2.16. The van der Waals surface area contributed by atoms with Gasteiger partial charge in [-0.05, 0) is 32.0 Å². The fourth-order valence-electron chi connectivity index (χ4n) is 2.19. The first-order valence-electron chi connectivity index (χ1n) is 6.25. The zero-order valence-corrected chi connectivity index (χ0v) is 13.4. The van der Waals surface area contributed by atoms with Crippen molar-refractivity contribution in [2.75, 3.05) is 0 Å². The van der Waals surface area contributed by atoms with Crippen LogP contribution < -0.4 is 0 Å². The first kappa shape index (κ1) is 13.9. The van der Waals surface area contributed by atoms with Gasteiger partial charge >= 0.3 is 0 Å². The van der Waals surface area contributed by atoms with Gasteiger partial charge in [0.05, 0.1) is 23.0 Å². The number of alkyl halides is 1. The first-order chi connectivity index (χ1) is 9.54. The van der Waals surface area contributed by atoms with Crippen LogP contribution in [0.5, 0.6) is 0 Å². The van der Waals surface area contributed by atoms with Crippen molar-refractivity contribution in [3.8, 4) is 0 Å². The predicted octanol–water partition coefficient (Wildman–Crippen LogP) is 4.80. The molecule has 0 amide bonds. The second-order valence-electron chi connectivity index (χ2n) is 4.69. The Morgan fingerprint density at radius 2 is 2.15 bits per heavy atom. The third-order valence-corrected chi connectivity index (χ3v) is 4.44. The maximum atomic E-state index is 6.26. The number of hydrogen-bond donors (Lipinski definition) is 0. The molecule has 1 unspecified atom stereocenters. The van der Waals surface area contributed by atoms with E-state index >= 15 is 0 Å². The van der Waals surface area contributed by atoms with Gasteiger partial charge in [0.15, 0.2) is 0 Å². The van der Waals surface area contributed by atoms with Crippen molar-refractivity contribution in [1.29, 1.82) is 0 Å². The number of imidazole rings is 1. The van der Waals surface area contributed by atoms with Crippen LogP contribution >= 0.6 is 34.5 Å². The molecule has 3 rings (SSSR count). The molecule has 0 spiro atoms. The van der Waals surface area contributed by atoms with Gasteiger partial charge in [-0.25, -0.2) is 9.97 Å². The van der Waals surface area contributed by atoms with Crippen molar-refractivity contribution in [2.45, 2.75) is 25.8 Å². The third kappa shape index (κ3) is 2.55. The van der Waals surface area contributed by atoms with Crippen LogP contribution in [-0.4, -0.2) is 14.5 Å². The lowest BCUT2D eigenvalue weighted by atomic mass is 10.3. The van der Waals surface area contributed by atoms with Gasteiger partial charge in [0.2, 0.25) is 0 Å². The van der Waals surface area contributed by atoms with E-state index in [-0.39, 0.29) is 5.38 Å². The highest BCUT2D eigenvalue weighted by Crippen LogP contribution is 2.27. The molecule has 0 aliphatic rings. The molecule has 0 radical (unpaired) electrons.